The highest BCUT2D eigenvalue weighted by Crippen LogP contribution is 2.15. The average Bonchev–Trinajstić information content (AvgIpc) is 3.01. The molecule has 21 heavy (non-hydrogen) atoms. The Hall–Kier alpha value is -2.57. The Kier molecular flexibility index (Phi) is 4.42. The fourth-order valence-corrected chi connectivity index (χ4v) is 1.74. The molecule has 2 rings (SSSR count). The zero-order valence-corrected chi connectivity index (χ0v) is 12.1. The van der Waals surface area contributed by atoms with E-state index in [1.165, 1.54) is 6.20 Å². The SMILES string of the molecule is CCOC(=O)c1c[nH]c(C=C2C(=O)NN=C2OC(C)C)c1. The monoisotopic (exact) mass is 291 g/mol. The van der Waals surface area contributed by atoms with E-state index in [0.29, 0.717) is 23.4 Å². The normalized spacial score (nSPS) is 16.1. The predicted octanol–water partition coefficient (Wildman–Crippen LogP) is 1.44. The van der Waals surface area contributed by atoms with Crippen molar-refractivity contribution in [2.45, 2.75) is 26.9 Å². The molecule has 0 fully saturated rings. The van der Waals surface area contributed by atoms with Gasteiger partial charge in [0, 0.05) is 11.9 Å². The molecule has 0 bridgehead atoms. The molecule has 2 heterocycles. The summed E-state index contributed by atoms with van der Waals surface area (Å²) in [6.45, 7) is 5.73. The molecule has 1 aliphatic heterocycles. The average molecular weight is 291 g/mol. The summed E-state index contributed by atoms with van der Waals surface area (Å²) in [5.74, 6) is -0.526. The fourth-order valence-electron chi connectivity index (χ4n) is 1.74. The van der Waals surface area contributed by atoms with Gasteiger partial charge >= 0.3 is 5.97 Å². The van der Waals surface area contributed by atoms with Gasteiger partial charge in [0.25, 0.3) is 5.91 Å². The lowest BCUT2D eigenvalue weighted by molar-refractivity contribution is -0.116. The molecule has 112 valence electrons. The molecule has 1 aromatic rings. The smallest absolute Gasteiger partial charge is 0.339 e. The molecule has 0 saturated heterocycles. The van der Waals surface area contributed by atoms with Crippen molar-refractivity contribution in [3.05, 3.63) is 29.1 Å². The van der Waals surface area contributed by atoms with Gasteiger partial charge in [0.2, 0.25) is 5.90 Å². The van der Waals surface area contributed by atoms with Crippen molar-refractivity contribution in [1.29, 1.82) is 0 Å². The van der Waals surface area contributed by atoms with Crippen LogP contribution in [-0.2, 0) is 14.3 Å². The van der Waals surface area contributed by atoms with Gasteiger partial charge in [-0.1, -0.05) is 0 Å². The maximum atomic E-state index is 11.7. The van der Waals surface area contributed by atoms with E-state index in [4.69, 9.17) is 9.47 Å². The van der Waals surface area contributed by atoms with Crippen LogP contribution in [0.4, 0.5) is 0 Å². The van der Waals surface area contributed by atoms with Gasteiger partial charge in [0.05, 0.1) is 18.3 Å². The Morgan fingerprint density at radius 1 is 1.48 bits per heavy atom. The summed E-state index contributed by atoms with van der Waals surface area (Å²) >= 11 is 0. The topological polar surface area (TPSA) is 92.8 Å². The Morgan fingerprint density at radius 3 is 2.90 bits per heavy atom. The van der Waals surface area contributed by atoms with Crippen LogP contribution in [0.1, 0.15) is 36.8 Å². The largest absolute Gasteiger partial charge is 0.473 e. The first-order valence-electron chi connectivity index (χ1n) is 6.63. The number of aromatic amines is 1. The summed E-state index contributed by atoms with van der Waals surface area (Å²) in [5.41, 5.74) is 3.63. The number of carbonyl (C=O) groups excluding carboxylic acids is 2. The van der Waals surface area contributed by atoms with Gasteiger partial charge in [0.15, 0.2) is 0 Å². The molecular weight excluding hydrogens is 274 g/mol. The number of rotatable bonds is 4. The quantitative estimate of drug-likeness (QED) is 0.648. The van der Waals surface area contributed by atoms with E-state index in [2.05, 4.69) is 15.5 Å². The highest BCUT2D eigenvalue weighted by molar-refractivity contribution is 6.24. The second-order valence-electron chi connectivity index (χ2n) is 4.65. The van der Waals surface area contributed by atoms with Crippen LogP contribution in [0.3, 0.4) is 0 Å². The number of carbonyl (C=O) groups is 2. The lowest BCUT2D eigenvalue weighted by atomic mass is 10.2. The minimum atomic E-state index is -0.415. The summed E-state index contributed by atoms with van der Waals surface area (Å²) in [7, 11) is 0. The molecule has 0 unspecified atom stereocenters. The molecule has 7 nitrogen and oxygen atoms in total. The van der Waals surface area contributed by atoms with Crippen LogP contribution in [0.2, 0.25) is 0 Å². The van der Waals surface area contributed by atoms with Crippen molar-refractivity contribution in [2.75, 3.05) is 6.61 Å². The maximum Gasteiger partial charge on any atom is 0.339 e. The van der Waals surface area contributed by atoms with Crippen molar-refractivity contribution in [3.63, 3.8) is 0 Å². The second kappa shape index (κ2) is 6.25. The standard InChI is InChI=1S/C14H17N3O4/c1-4-20-14(19)9-5-10(15-7-9)6-11-12(18)16-17-13(11)21-8(2)3/h5-8,15H,4H2,1-3H3,(H,16,18). The molecule has 0 spiro atoms. The van der Waals surface area contributed by atoms with Crippen LogP contribution in [0.15, 0.2) is 22.9 Å². The summed E-state index contributed by atoms with van der Waals surface area (Å²) in [6, 6.07) is 1.60. The molecule has 0 aromatic carbocycles. The number of amides is 1. The number of H-pyrrole nitrogens is 1. The number of hydrogen-bond acceptors (Lipinski definition) is 5. The number of nitrogens with one attached hydrogen (secondary N) is 2. The first-order chi connectivity index (χ1) is 10.0. The van der Waals surface area contributed by atoms with Crippen molar-refractivity contribution in [1.82, 2.24) is 10.4 Å². The molecule has 1 amide bonds. The molecule has 0 saturated carbocycles. The minimum absolute atomic E-state index is 0.0985. The third kappa shape index (κ3) is 3.50. The maximum absolute atomic E-state index is 11.7. The number of hydrazone groups is 1. The Morgan fingerprint density at radius 2 is 2.24 bits per heavy atom. The van der Waals surface area contributed by atoms with Gasteiger partial charge in [-0.25, -0.2) is 10.2 Å². The lowest BCUT2D eigenvalue weighted by Gasteiger charge is -2.08. The molecular formula is C14H17N3O4. The molecule has 1 aromatic heterocycles. The summed E-state index contributed by atoms with van der Waals surface area (Å²) in [5, 5.41) is 3.83. The summed E-state index contributed by atoms with van der Waals surface area (Å²) in [4.78, 5) is 26.2. The second-order valence-corrected chi connectivity index (χ2v) is 4.65. The molecule has 1 aliphatic rings. The Labute approximate surface area is 122 Å². The van der Waals surface area contributed by atoms with E-state index in [0.717, 1.165) is 0 Å². The van der Waals surface area contributed by atoms with E-state index in [9.17, 15) is 9.59 Å². The number of aromatic nitrogens is 1. The predicted molar refractivity (Wildman–Crippen MR) is 76.5 cm³/mol. The molecule has 0 atom stereocenters. The van der Waals surface area contributed by atoms with Gasteiger partial charge in [0.1, 0.15) is 5.57 Å². The van der Waals surface area contributed by atoms with Crippen molar-refractivity contribution >= 4 is 23.9 Å². The Bertz CT molecular complexity index is 613. The van der Waals surface area contributed by atoms with E-state index < -0.39 is 5.97 Å². The Balaban J connectivity index is 2.20. The number of ether oxygens (including phenoxy) is 2. The molecule has 0 radical (unpaired) electrons. The molecule has 7 heteroatoms. The first kappa shape index (κ1) is 14.8. The van der Waals surface area contributed by atoms with Gasteiger partial charge in [-0.3, -0.25) is 4.79 Å². The van der Waals surface area contributed by atoms with Gasteiger partial charge in [-0.2, -0.15) is 0 Å². The zero-order chi connectivity index (χ0) is 15.4. The first-order valence-corrected chi connectivity index (χ1v) is 6.63. The fraction of sp³-hybridized carbons (Fsp3) is 0.357. The van der Waals surface area contributed by atoms with Gasteiger partial charge in [-0.05, 0) is 32.9 Å². The van der Waals surface area contributed by atoms with E-state index >= 15 is 0 Å². The zero-order valence-electron chi connectivity index (χ0n) is 12.1. The van der Waals surface area contributed by atoms with Gasteiger partial charge < -0.3 is 14.5 Å². The van der Waals surface area contributed by atoms with Crippen molar-refractivity contribution < 1.29 is 19.1 Å². The van der Waals surface area contributed by atoms with Crippen LogP contribution in [-0.4, -0.2) is 35.5 Å². The van der Waals surface area contributed by atoms with Crippen LogP contribution < -0.4 is 5.43 Å². The highest BCUT2D eigenvalue weighted by atomic mass is 16.5. The van der Waals surface area contributed by atoms with Crippen LogP contribution in [0.5, 0.6) is 0 Å². The highest BCUT2D eigenvalue weighted by Gasteiger charge is 2.25. The van der Waals surface area contributed by atoms with Crippen molar-refractivity contribution in [3.8, 4) is 0 Å². The number of hydrogen-bond donors (Lipinski definition) is 2. The number of nitrogens with zero attached hydrogens (tertiary/aromatic N) is 1. The van der Waals surface area contributed by atoms with Crippen molar-refractivity contribution in [2.24, 2.45) is 5.10 Å². The van der Waals surface area contributed by atoms with Crippen LogP contribution >= 0.6 is 0 Å². The molecule has 2 N–H and O–H groups in total. The minimum Gasteiger partial charge on any atom is -0.473 e. The number of esters is 1. The third-order valence-corrected chi connectivity index (χ3v) is 2.60. The van der Waals surface area contributed by atoms with E-state index in [1.54, 1.807) is 19.1 Å². The van der Waals surface area contributed by atoms with E-state index in [1.807, 2.05) is 13.8 Å². The van der Waals surface area contributed by atoms with Crippen LogP contribution in [0, 0.1) is 0 Å². The third-order valence-electron chi connectivity index (χ3n) is 2.60. The lowest BCUT2D eigenvalue weighted by Crippen LogP contribution is -2.16. The summed E-state index contributed by atoms with van der Waals surface area (Å²) < 4.78 is 10.4. The molecule has 0 aliphatic carbocycles. The summed E-state index contributed by atoms with van der Waals surface area (Å²) in [6.07, 6.45) is 3.00. The van der Waals surface area contributed by atoms with Gasteiger partial charge in [-0.15, -0.1) is 5.10 Å². The van der Waals surface area contributed by atoms with E-state index in [-0.39, 0.29) is 17.9 Å². The van der Waals surface area contributed by atoms with Crippen LogP contribution in [0.25, 0.3) is 6.08 Å².